The van der Waals surface area contributed by atoms with Crippen molar-refractivity contribution in [1.82, 2.24) is 5.01 Å². The van der Waals surface area contributed by atoms with Crippen molar-refractivity contribution >= 4 is 6.09 Å². The van der Waals surface area contributed by atoms with Crippen LogP contribution in [0, 0.1) is 12.3 Å². The molecule has 0 aromatic heterocycles. The minimum atomic E-state index is -0.543. The van der Waals surface area contributed by atoms with Gasteiger partial charge in [-0.3, -0.25) is 0 Å². The minimum Gasteiger partial charge on any atom is -0.440 e. The number of hydrogen-bond donors (Lipinski definition) is 0. The molecule has 1 amide bonds. The number of terminal acetylenes is 1. The molecule has 1 aliphatic rings. The van der Waals surface area contributed by atoms with E-state index in [-0.39, 0.29) is 10.8 Å². The Kier molecular flexibility index (Phi) is 3.17. The van der Waals surface area contributed by atoms with E-state index in [2.05, 4.69) is 5.92 Å². The van der Waals surface area contributed by atoms with Gasteiger partial charge in [0.1, 0.15) is 26.3 Å². The molecular weight excluding hydrogens is 208 g/mol. The van der Waals surface area contributed by atoms with Gasteiger partial charge in [-0.1, -0.05) is 10.7 Å². The Hall–Kier alpha value is -1.25. The number of amides is 1. The summed E-state index contributed by atoms with van der Waals surface area (Å²) in [7, 11) is 3.47. The van der Waals surface area contributed by atoms with Gasteiger partial charge in [-0.2, -0.15) is 4.84 Å². The molecule has 90 valence electrons. The van der Waals surface area contributed by atoms with Gasteiger partial charge < -0.3 is 4.74 Å². The average molecular weight is 227 g/mol. The Morgan fingerprint density at radius 1 is 1.56 bits per heavy atom. The molecule has 1 aliphatic heterocycles. The predicted octanol–water partition coefficient (Wildman–Crippen LogP) is 1.16. The van der Waals surface area contributed by atoms with Gasteiger partial charge in [0.2, 0.25) is 0 Å². The lowest BCUT2D eigenvalue weighted by molar-refractivity contribution is -1.14. The molecule has 1 rings (SSSR count). The summed E-state index contributed by atoms with van der Waals surface area (Å²) in [6.07, 6.45) is 4.90. The van der Waals surface area contributed by atoms with Gasteiger partial charge in [0.05, 0.1) is 0 Å². The highest BCUT2D eigenvalue weighted by Gasteiger charge is 2.47. The first-order chi connectivity index (χ1) is 7.17. The van der Waals surface area contributed by atoms with Gasteiger partial charge in [-0.15, -0.1) is 11.4 Å². The van der Waals surface area contributed by atoms with Crippen LogP contribution in [0.1, 0.15) is 20.8 Å². The van der Waals surface area contributed by atoms with E-state index >= 15 is 0 Å². The zero-order valence-corrected chi connectivity index (χ0v) is 10.5. The summed E-state index contributed by atoms with van der Waals surface area (Å²) in [6.45, 7) is 5.76. The van der Waals surface area contributed by atoms with Gasteiger partial charge >= 0.3 is 6.09 Å². The number of quaternary nitrogens is 1. The molecule has 0 N–H and O–H groups in total. The van der Waals surface area contributed by atoms with Crippen LogP contribution >= 0.6 is 0 Å². The monoisotopic (exact) mass is 227 g/mol. The highest BCUT2D eigenvalue weighted by Crippen LogP contribution is 2.23. The lowest BCUT2D eigenvalue weighted by Crippen LogP contribution is -2.55. The number of carbonyl (C=O) groups excluding carboxylic acids is 1. The van der Waals surface area contributed by atoms with Crippen molar-refractivity contribution in [2.24, 2.45) is 0 Å². The van der Waals surface area contributed by atoms with Crippen LogP contribution in [-0.4, -0.2) is 48.2 Å². The molecule has 1 fully saturated rings. The number of carbonyl (C=O) groups is 1. The molecule has 0 spiro atoms. The summed E-state index contributed by atoms with van der Waals surface area (Å²) < 4.78 is 5.25. The number of hydrogen-bond acceptors (Lipinski definition) is 3. The van der Waals surface area contributed by atoms with E-state index in [9.17, 15) is 4.79 Å². The van der Waals surface area contributed by atoms with Crippen LogP contribution in [0.25, 0.3) is 0 Å². The Balaban J connectivity index is 2.84. The Labute approximate surface area is 96.4 Å². The lowest BCUT2D eigenvalue weighted by atomic mass is 10.2. The van der Waals surface area contributed by atoms with E-state index < -0.39 is 11.7 Å². The Morgan fingerprint density at radius 3 is 2.56 bits per heavy atom. The van der Waals surface area contributed by atoms with E-state index in [1.807, 2.05) is 20.8 Å². The summed E-state index contributed by atoms with van der Waals surface area (Å²) >= 11 is 0. The van der Waals surface area contributed by atoms with E-state index in [0.717, 1.165) is 0 Å². The minimum absolute atomic E-state index is 0.0379. The molecule has 0 aromatic carbocycles. The van der Waals surface area contributed by atoms with Crippen molar-refractivity contribution in [3.63, 3.8) is 0 Å². The summed E-state index contributed by atoms with van der Waals surface area (Å²) in [6, 6.07) is -0.384. The van der Waals surface area contributed by atoms with Gasteiger partial charge in [-0.25, -0.2) is 4.79 Å². The second kappa shape index (κ2) is 3.96. The number of hydroxylamine groups is 2. The molecule has 0 bridgehead atoms. The van der Waals surface area contributed by atoms with Crippen LogP contribution < -0.4 is 0 Å². The normalized spacial score (nSPS) is 24.0. The average Bonchev–Trinajstić information content (AvgIpc) is 2.37. The van der Waals surface area contributed by atoms with Gasteiger partial charge in [0.25, 0.3) is 0 Å². The van der Waals surface area contributed by atoms with E-state index in [1.54, 1.807) is 14.1 Å². The molecule has 0 saturated carbocycles. The molecule has 1 saturated heterocycles. The fourth-order valence-electron chi connectivity index (χ4n) is 1.47. The zero-order chi connectivity index (χ0) is 12.6. The maximum atomic E-state index is 12.0. The summed E-state index contributed by atoms with van der Waals surface area (Å²) in [4.78, 5) is 17.4. The van der Waals surface area contributed by atoms with Crippen molar-refractivity contribution < 1.29 is 19.1 Å². The second-order valence-electron chi connectivity index (χ2n) is 5.10. The van der Waals surface area contributed by atoms with Crippen LogP contribution in [0.2, 0.25) is 0 Å². The SMILES string of the molecule is C#C[C@H]1CO[N+](C)(C)N1C(=O)OC(C)(C)C. The third-order valence-electron chi connectivity index (χ3n) is 2.14. The first kappa shape index (κ1) is 12.8. The molecule has 0 aliphatic carbocycles. The van der Waals surface area contributed by atoms with Crippen molar-refractivity contribution in [3.05, 3.63) is 0 Å². The zero-order valence-electron chi connectivity index (χ0n) is 10.5. The molecular formula is C11H19N2O3+. The van der Waals surface area contributed by atoms with Crippen molar-refractivity contribution in [2.75, 3.05) is 20.7 Å². The smallest absolute Gasteiger partial charge is 0.440 e. The van der Waals surface area contributed by atoms with Crippen LogP contribution in [-0.2, 0) is 9.57 Å². The topological polar surface area (TPSA) is 38.8 Å². The fraction of sp³-hybridized carbons (Fsp3) is 0.727. The predicted molar refractivity (Wildman–Crippen MR) is 58.8 cm³/mol. The molecule has 5 nitrogen and oxygen atoms in total. The van der Waals surface area contributed by atoms with Crippen molar-refractivity contribution in [3.8, 4) is 12.3 Å². The highest BCUT2D eigenvalue weighted by atomic mass is 16.8. The number of rotatable bonds is 0. The summed E-state index contributed by atoms with van der Waals surface area (Å²) in [5.41, 5.74) is -0.543. The third-order valence-corrected chi connectivity index (χ3v) is 2.14. The summed E-state index contributed by atoms with van der Waals surface area (Å²) in [5.74, 6) is 2.52. The van der Waals surface area contributed by atoms with Gasteiger partial charge in [0, 0.05) is 0 Å². The number of nitrogens with zero attached hydrogens (tertiary/aromatic N) is 2. The van der Waals surface area contributed by atoms with Gasteiger partial charge in [-0.05, 0) is 20.8 Å². The van der Waals surface area contributed by atoms with E-state index in [0.29, 0.717) is 6.61 Å². The van der Waals surface area contributed by atoms with E-state index in [1.165, 1.54) is 5.01 Å². The van der Waals surface area contributed by atoms with Crippen LogP contribution in [0.5, 0.6) is 0 Å². The highest BCUT2D eigenvalue weighted by molar-refractivity contribution is 5.67. The Bertz CT molecular complexity index is 325. The molecule has 0 unspecified atom stereocenters. The van der Waals surface area contributed by atoms with Crippen LogP contribution in [0.4, 0.5) is 4.79 Å². The van der Waals surface area contributed by atoms with Crippen molar-refractivity contribution in [2.45, 2.75) is 32.4 Å². The lowest BCUT2D eigenvalue weighted by Gasteiger charge is -2.31. The van der Waals surface area contributed by atoms with Crippen LogP contribution in [0.3, 0.4) is 0 Å². The van der Waals surface area contributed by atoms with E-state index in [4.69, 9.17) is 16.0 Å². The summed E-state index contributed by atoms with van der Waals surface area (Å²) in [5, 5.41) is 1.41. The molecule has 1 atom stereocenters. The second-order valence-corrected chi connectivity index (χ2v) is 5.10. The maximum absolute atomic E-state index is 12.0. The maximum Gasteiger partial charge on any atom is 0.459 e. The van der Waals surface area contributed by atoms with Gasteiger partial charge in [0.15, 0.2) is 6.04 Å². The Morgan fingerprint density at radius 2 is 2.12 bits per heavy atom. The first-order valence-electron chi connectivity index (χ1n) is 5.15. The molecule has 5 heteroatoms. The standard InChI is InChI=1S/C11H19N2O3/c1-7-9-8-15-13(5,6)12(9)10(14)16-11(2,3)4/h1,9H,8H2,2-6H3/q+1/t9-/m0/s1. The third kappa shape index (κ3) is 2.65. The van der Waals surface area contributed by atoms with Crippen molar-refractivity contribution in [1.29, 1.82) is 0 Å². The largest absolute Gasteiger partial charge is 0.459 e. The quantitative estimate of drug-likeness (QED) is 0.460. The molecule has 0 radical (unpaired) electrons. The first-order valence-corrected chi connectivity index (χ1v) is 5.15. The molecule has 1 heterocycles. The number of ether oxygens (including phenoxy) is 1. The van der Waals surface area contributed by atoms with Crippen LogP contribution in [0.15, 0.2) is 0 Å². The molecule has 16 heavy (non-hydrogen) atoms. The fourth-order valence-corrected chi connectivity index (χ4v) is 1.47. The molecule has 0 aromatic rings.